The lowest BCUT2D eigenvalue weighted by atomic mass is 10.1. The Kier molecular flexibility index (Phi) is 4.01. The maximum Gasteiger partial charge on any atom is 0.326 e. The van der Waals surface area contributed by atoms with E-state index in [1.165, 1.54) is 0 Å². The lowest BCUT2D eigenvalue weighted by molar-refractivity contribution is -0.144. The number of imide groups is 1. The van der Waals surface area contributed by atoms with Gasteiger partial charge in [0.1, 0.15) is 13.2 Å². The van der Waals surface area contributed by atoms with Gasteiger partial charge < -0.3 is 9.30 Å². The summed E-state index contributed by atoms with van der Waals surface area (Å²) in [6.45, 7) is 0.101. The van der Waals surface area contributed by atoms with Crippen LogP contribution >= 0.6 is 0 Å². The number of para-hydroxylation sites is 1. The molecule has 6 nitrogen and oxygen atoms in total. The Bertz CT molecular complexity index is 986. The molecule has 6 heteroatoms. The number of ether oxygens (including phenoxy) is 1. The third-order valence-corrected chi connectivity index (χ3v) is 4.44. The Morgan fingerprint density at radius 3 is 2.27 bits per heavy atom. The number of esters is 1. The van der Waals surface area contributed by atoms with Crippen molar-refractivity contribution in [2.75, 3.05) is 13.2 Å². The van der Waals surface area contributed by atoms with Crippen LogP contribution in [0.25, 0.3) is 10.9 Å². The molecule has 1 aliphatic heterocycles. The number of nitrogens with zero attached hydrogens (tertiary/aromatic N) is 2. The normalized spacial score (nSPS) is 13.3. The van der Waals surface area contributed by atoms with E-state index in [9.17, 15) is 14.4 Å². The molecule has 2 heterocycles. The Labute approximate surface area is 149 Å². The summed E-state index contributed by atoms with van der Waals surface area (Å²) in [5.74, 6) is -1.11. The molecule has 130 valence electrons. The lowest BCUT2D eigenvalue weighted by Crippen LogP contribution is -2.33. The molecule has 3 aromatic rings. The van der Waals surface area contributed by atoms with E-state index in [2.05, 4.69) is 0 Å². The molecule has 0 atom stereocenters. The zero-order valence-electron chi connectivity index (χ0n) is 13.9. The molecule has 0 N–H and O–H groups in total. The number of fused-ring (bicyclic) bond motifs is 2. The number of carbonyl (C=O) groups is 3. The molecule has 2 aromatic carbocycles. The van der Waals surface area contributed by atoms with Crippen molar-refractivity contribution in [3.05, 3.63) is 71.9 Å². The molecular weight excluding hydrogens is 332 g/mol. The number of rotatable bonds is 5. The maximum atomic E-state index is 12.2. The number of amides is 2. The number of hydrogen-bond donors (Lipinski definition) is 0. The fourth-order valence-corrected chi connectivity index (χ4v) is 3.16. The zero-order chi connectivity index (χ0) is 18.1. The Balaban J connectivity index is 1.35. The second kappa shape index (κ2) is 6.48. The summed E-state index contributed by atoms with van der Waals surface area (Å²) in [6, 6.07) is 16.4. The van der Waals surface area contributed by atoms with Crippen LogP contribution in [0.1, 0.15) is 20.7 Å². The molecule has 0 saturated heterocycles. The minimum atomic E-state index is -0.414. The molecule has 1 aliphatic rings. The lowest BCUT2D eigenvalue weighted by Gasteiger charge is -2.14. The molecule has 26 heavy (non-hydrogen) atoms. The highest BCUT2D eigenvalue weighted by Gasteiger charge is 2.34. The van der Waals surface area contributed by atoms with E-state index < -0.39 is 5.97 Å². The second-order valence-corrected chi connectivity index (χ2v) is 6.03. The molecule has 0 saturated carbocycles. The van der Waals surface area contributed by atoms with Gasteiger partial charge in [-0.2, -0.15) is 0 Å². The van der Waals surface area contributed by atoms with Crippen LogP contribution in [0.15, 0.2) is 60.8 Å². The van der Waals surface area contributed by atoms with Crippen molar-refractivity contribution in [3.63, 3.8) is 0 Å². The van der Waals surface area contributed by atoms with E-state index >= 15 is 0 Å². The predicted molar refractivity (Wildman–Crippen MR) is 94.7 cm³/mol. The van der Waals surface area contributed by atoms with Gasteiger partial charge in [-0.25, -0.2) is 0 Å². The van der Waals surface area contributed by atoms with Crippen LogP contribution < -0.4 is 0 Å². The minimum Gasteiger partial charge on any atom is -0.462 e. The number of carbonyl (C=O) groups excluding carboxylic acids is 3. The van der Waals surface area contributed by atoms with Gasteiger partial charge in [0.05, 0.1) is 17.7 Å². The molecule has 0 bridgehead atoms. The van der Waals surface area contributed by atoms with Gasteiger partial charge in [0.25, 0.3) is 11.8 Å². The summed E-state index contributed by atoms with van der Waals surface area (Å²) in [5.41, 5.74) is 1.73. The van der Waals surface area contributed by atoms with Crippen LogP contribution in [0.5, 0.6) is 0 Å². The van der Waals surface area contributed by atoms with Gasteiger partial charge in [0.2, 0.25) is 0 Å². The monoisotopic (exact) mass is 348 g/mol. The van der Waals surface area contributed by atoms with Crippen LogP contribution in [0.2, 0.25) is 0 Å². The van der Waals surface area contributed by atoms with E-state index in [-0.39, 0.29) is 31.5 Å². The highest BCUT2D eigenvalue weighted by molar-refractivity contribution is 6.21. The summed E-state index contributed by atoms with van der Waals surface area (Å²) < 4.78 is 7.02. The van der Waals surface area contributed by atoms with Crippen molar-refractivity contribution in [2.24, 2.45) is 0 Å². The Morgan fingerprint density at radius 2 is 1.54 bits per heavy atom. The van der Waals surface area contributed by atoms with E-state index in [1.54, 1.807) is 28.8 Å². The summed E-state index contributed by atoms with van der Waals surface area (Å²) in [4.78, 5) is 37.7. The minimum absolute atomic E-state index is 0.0243. The van der Waals surface area contributed by atoms with E-state index in [1.807, 2.05) is 36.5 Å². The van der Waals surface area contributed by atoms with E-state index in [0.29, 0.717) is 11.1 Å². The first-order valence-electron chi connectivity index (χ1n) is 8.30. The van der Waals surface area contributed by atoms with Crippen molar-refractivity contribution in [3.8, 4) is 0 Å². The Morgan fingerprint density at radius 1 is 0.885 bits per heavy atom. The third-order valence-electron chi connectivity index (χ3n) is 4.44. The van der Waals surface area contributed by atoms with Crippen LogP contribution in [0.4, 0.5) is 0 Å². The highest BCUT2D eigenvalue weighted by Crippen LogP contribution is 2.22. The smallest absolute Gasteiger partial charge is 0.326 e. The molecule has 0 fully saturated rings. The topological polar surface area (TPSA) is 68.6 Å². The quantitative estimate of drug-likeness (QED) is 0.525. The van der Waals surface area contributed by atoms with Crippen LogP contribution in [0, 0.1) is 0 Å². The average molecular weight is 348 g/mol. The van der Waals surface area contributed by atoms with Crippen molar-refractivity contribution in [1.29, 1.82) is 0 Å². The molecule has 4 rings (SSSR count). The number of benzene rings is 2. The summed E-state index contributed by atoms with van der Waals surface area (Å²) >= 11 is 0. The van der Waals surface area contributed by atoms with Crippen LogP contribution in [-0.4, -0.2) is 40.4 Å². The molecule has 0 aliphatic carbocycles. The third kappa shape index (κ3) is 2.75. The van der Waals surface area contributed by atoms with Crippen molar-refractivity contribution >= 4 is 28.7 Å². The molecular formula is C20H16N2O4. The summed E-state index contributed by atoms with van der Waals surface area (Å²) in [7, 11) is 0. The standard InChI is InChI=1S/C20H16N2O4/c23-18(13-21-10-9-14-5-1-4-8-17(14)21)26-12-11-22-19(24)15-6-2-3-7-16(15)20(22)25/h1-10H,11-13H2. The van der Waals surface area contributed by atoms with Gasteiger partial charge in [-0.05, 0) is 29.7 Å². The SMILES string of the molecule is O=C(Cn1ccc2ccccc21)OCCN1C(=O)c2ccccc2C1=O. The summed E-state index contributed by atoms with van der Waals surface area (Å²) in [6.07, 6.45) is 1.83. The van der Waals surface area contributed by atoms with Gasteiger partial charge in [-0.15, -0.1) is 0 Å². The maximum absolute atomic E-state index is 12.2. The van der Waals surface area contributed by atoms with Gasteiger partial charge in [0.15, 0.2) is 0 Å². The van der Waals surface area contributed by atoms with Gasteiger partial charge in [-0.1, -0.05) is 30.3 Å². The fraction of sp³-hybridized carbons (Fsp3) is 0.150. The van der Waals surface area contributed by atoms with Gasteiger partial charge in [0, 0.05) is 11.7 Å². The molecule has 1 aromatic heterocycles. The second-order valence-electron chi connectivity index (χ2n) is 6.03. The average Bonchev–Trinajstić information content (AvgIpc) is 3.17. The first kappa shape index (κ1) is 16.1. The van der Waals surface area contributed by atoms with Crippen molar-refractivity contribution in [2.45, 2.75) is 6.54 Å². The number of hydrogen-bond acceptors (Lipinski definition) is 4. The van der Waals surface area contributed by atoms with Gasteiger partial charge >= 0.3 is 5.97 Å². The largest absolute Gasteiger partial charge is 0.462 e. The van der Waals surface area contributed by atoms with Gasteiger partial charge in [-0.3, -0.25) is 19.3 Å². The predicted octanol–water partition coefficient (Wildman–Crippen LogP) is 2.48. The highest BCUT2D eigenvalue weighted by atomic mass is 16.5. The van der Waals surface area contributed by atoms with E-state index in [4.69, 9.17) is 4.74 Å². The molecule has 0 spiro atoms. The number of aromatic nitrogens is 1. The zero-order valence-corrected chi connectivity index (χ0v) is 13.9. The fourth-order valence-electron chi connectivity index (χ4n) is 3.16. The first-order chi connectivity index (χ1) is 12.6. The Hall–Kier alpha value is -3.41. The molecule has 0 radical (unpaired) electrons. The van der Waals surface area contributed by atoms with E-state index in [0.717, 1.165) is 15.8 Å². The summed E-state index contributed by atoms with van der Waals surface area (Å²) in [5, 5.41) is 1.05. The van der Waals surface area contributed by atoms with Crippen molar-refractivity contribution < 1.29 is 19.1 Å². The molecule has 0 unspecified atom stereocenters. The van der Waals surface area contributed by atoms with Crippen LogP contribution in [0.3, 0.4) is 0 Å². The van der Waals surface area contributed by atoms with Crippen molar-refractivity contribution in [1.82, 2.24) is 9.47 Å². The molecule has 2 amide bonds. The van der Waals surface area contributed by atoms with Crippen LogP contribution in [-0.2, 0) is 16.1 Å². The first-order valence-corrected chi connectivity index (χ1v) is 8.30.